The van der Waals surface area contributed by atoms with Crippen LogP contribution < -0.4 is 4.90 Å². The highest BCUT2D eigenvalue weighted by Crippen LogP contribution is 2.09. The van der Waals surface area contributed by atoms with Gasteiger partial charge in [0.1, 0.15) is 12.1 Å². The largest absolute Gasteiger partial charge is 0.378 e. The maximum atomic E-state index is 5.24. The SMILES string of the molecule is c1cc(N2CCOCC2)ncn1. The number of hydrogen-bond acceptors (Lipinski definition) is 4. The van der Waals surface area contributed by atoms with Crippen LogP contribution in [0.3, 0.4) is 0 Å². The molecular formula is C8H11N3O. The van der Waals surface area contributed by atoms with Crippen LogP contribution in [-0.4, -0.2) is 36.3 Å². The van der Waals surface area contributed by atoms with Gasteiger partial charge in [-0.05, 0) is 6.07 Å². The molecule has 1 aromatic rings. The number of rotatable bonds is 1. The first-order valence-corrected chi connectivity index (χ1v) is 4.05. The van der Waals surface area contributed by atoms with Crippen molar-refractivity contribution >= 4 is 5.82 Å². The number of hydrogen-bond donors (Lipinski definition) is 0. The lowest BCUT2D eigenvalue weighted by Gasteiger charge is -2.27. The molecule has 1 saturated heterocycles. The van der Waals surface area contributed by atoms with Gasteiger partial charge >= 0.3 is 0 Å². The van der Waals surface area contributed by atoms with Crippen molar-refractivity contribution in [3.63, 3.8) is 0 Å². The second-order valence-electron chi connectivity index (χ2n) is 2.67. The summed E-state index contributed by atoms with van der Waals surface area (Å²) in [6, 6.07) is 1.92. The summed E-state index contributed by atoms with van der Waals surface area (Å²) in [4.78, 5) is 10.2. The van der Waals surface area contributed by atoms with Crippen LogP contribution in [-0.2, 0) is 4.74 Å². The van der Waals surface area contributed by atoms with Crippen molar-refractivity contribution in [3.8, 4) is 0 Å². The van der Waals surface area contributed by atoms with E-state index in [0.29, 0.717) is 0 Å². The van der Waals surface area contributed by atoms with Crippen molar-refractivity contribution < 1.29 is 4.74 Å². The molecule has 1 aliphatic heterocycles. The van der Waals surface area contributed by atoms with E-state index in [1.165, 1.54) is 0 Å². The molecule has 1 aliphatic rings. The summed E-state index contributed by atoms with van der Waals surface area (Å²) < 4.78 is 5.24. The molecule has 0 aromatic carbocycles. The van der Waals surface area contributed by atoms with Crippen molar-refractivity contribution in [2.45, 2.75) is 0 Å². The van der Waals surface area contributed by atoms with Crippen LogP contribution >= 0.6 is 0 Å². The van der Waals surface area contributed by atoms with Crippen LogP contribution in [0.5, 0.6) is 0 Å². The molecule has 0 spiro atoms. The molecule has 0 atom stereocenters. The van der Waals surface area contributed by atoms with Gasteiger partial charge in [0.25, 0.3) is 0 Å². The summed E-state index contributed by atoms with van der Waals surface area (Å²) in [5, 5.41) is 0. The normalized spacial score (nSPS) is 17.8. The Morgan fingerprint density at radius 1 is 1.33 bits per heavy atom. The minimum atomic E-state index is 0.796. The van der Waals surface area contributed by atoms with E-state index < -0.39 is 0 Å². The van der Waals surface area contributed by atoms with Gasteiger partial charge in [-0.15, -0.1) is 0 Å². The molecule has 4 heteroatoms. The Morgan fingerprint density at radius 3 is 2.83 bits per heavy atom. The van der Waals surface area contributed by atoms with Gasteiger partial charge in [-0.1, -0.05) is 0 Å². The topological polar surface area (TPSA) is 38.2 Å². The number of nitrogens with zero attached hydrogens (tertiary/aromatic N) is 3. The fourth-order valence-corrected chi connectivity index (χ4v) is 1.26. The maximum Gasteiger partial charge on any atom is 0.132 e. The molecule has 2 heterocycles. The van der Waals surface area contributed by atoms with Crippen LogP contribution in [0.25, 0.3) is 0 Å². The third-order valence-corrected chi connectivity index (χ3v) is 1.90. The first kappa shape index (κ1) is 7.49. The van der Waals surface area contributed by atoms with Crippen LogP contribution in [0, 0.1) is 0 Å². The molecule has 0 amide bonds. The minimum absolute atomic E-state index is 0.796. The third-order valence-electron chi connectivity index (χ3n) is 1.90. The molecule has 0 aliphatic carbocycles. The van der Waals surface area contributed by atoms with Gasteiger partial charge in [0.15, 0.2) is 0 Å². The van der Waals surface area contributed by atoms with Gasteiger partial charge in [-0.2, -0.15) is 0 Å². The van der Waals surface area contributed by atoms with Crippen molar-refractivity contribution in [2.24, 2.45) is 0 Å². The molecule has 2 rings (SSSR count). The van der Waals surface area contributed by atoms with Gasteiger partial charge in [0, 0.05) is 19.3 Å². The predicted molar refractivity (Wildman–Crippen MR) is 45.1 cm³/mol. The monoisotopic (exact) mass is 165 g/mol. The van der Waals surface area contributed by atoms with Crippen LogP contribution in [0.4, 0.5) is 5.82 Å². The zero-order valence-corrected chi connectivity index (χ0v) is 6.81. The highest BCUT2D eigenvalue weighted by molar-refractivity contribution is 5.36. The molecule has 1 aromatic heterocycles. The van der Waals surface area contributed by atoms with Crippen molar-refractivity contribution in [1.29, 1.82) is 0 Å². The average molecular weight is 165 g/mol. The fourth-order valence-electron chi connectivity index (χ4n) is 1.26. The lowest BCUT2D eigenvalue weighted by molar-refractivity contribution is 0.122. The molecule has 0 radical (unpaired) electrons. The molecule has 4 nitrogen and oxygen atoms in total. The summed E-state index contributed by atoms with van der Waals surface area (Å²) in [7, 11) is 0. The summed E-state index contributed by atoms with van der Waals surface area (Å²) in [6.45, 7) is 3.45. The smallest absolute Gasteiger partial charge is 0.132 e. The van der Waals surface area contributed by atoms with Gasteiger partial charge in [-0.3, -0.25) is 0 Å². The molecular weight excluding hydrogens is 154 g/mol. The van der Waals surface area contributed by atoms with E-state index in [1.54, 1.807) is 12.5 Å². The Kier molecular flexibility index (Phi) is 2.18. The Hall–Kier alpha value is -1.16. The summed E-state index contributed by atoms with van der Waals surface area (Å²) in [5.74, 6) is 0.994. The number of morpholine rings is 1. The van der Waals surface area contributed by atoms with Crippen LogP contribution in [0.2, 0.25) is 0 Å². The average Bonchev–Trinajstić information content (AvgIpc) is 2.21. The van der Waals surface area contributed by atoms with Gasteiger partial charge in [0.2, 0.25) is 0 Å². The Labute approximate surface area is 71.2 Å². The maximum absolute atomic E-state index is 5.24. The first-order valence-electron chi connectivity index (χ1n) is 4.05. The van der Waals surface area contributed by atoms with Crippen molar-refractivity contribution in [3.05, 3.63) is 18.6 Å². The lowest BCUT2D eigenvalue weighted by Crippen LogP contribution is -2.36. The van der Waals surface area contributed by atoms with E-state index in [4.69, 9.17) is 4.74 Å². The van der Waals surface area contributed by atoms with Gasteiger partial charge in [0.05, 0.1) is 13.2 Å². The Bertz CT molecular complexity index is 233. The fraction of sp³-hybridized carbons (Fsp3) is 0.500. The van der Waals surface area contributed by atoms with Gasteiger partial charge in [-0.25, -0.2) is 9.97 Å². The quantitative estimate of drug-likeness (QED) is 0.600. The zero-order chi connectivity index (χ0) is 8.23. The summed E-state index contributed by atoms with van der Waals surface area (Å²) in [5.41, 5.74) is 0. The number of aromatic nitrogens is 2. The summed E-state index contributed by atoms with van der Waals surface area (Å²) in [6.07, 6.45) is 3.34. The standard InChI is InChI=1S/C8H11N3O/c1-2-9-7-10-8(1)11-3-5-12-6-4-11/h1-2,7H,3-6H2. The highest BCUT2D eigenvalue weighted by atomic mass is 16.5. The number of anilines is 1. The predicted octanol–water partition coefficient (Wildman–Crippen LogP) is 0.313. The Balaban J connectivity index is 2.08. The van der Waals surface area contributed by atoms with E-state index >= 15 is 0 Å². The van der Waals surface area contributed by atoms with E-state index in [9.17, 15) is 0 Å². The molecule has 64 valence electrons. The van der Waals surface area contributed by atoms with E-state index in [2.05, 4.69) is 14.9 Å². The molecule has 0 saturated carbocycles. The second kappa shape index (κ2) is 3.49. The van der Waals surface area contributed by atoms with E-state index in [0.717, 1.165) is 32.1 Å². The summed E-state index contributed by atoms with van der Waals surface area (Å²) >= 11 is 0. The third kappa shape index (κ3) is 1.53. The molecule has 0 unspecified atom stereocenters. The van der Waals surface area contributed by atoms with E-state index in [1.807, 2.05) is 6.07 Å². The van der Waals surface area contributed by atoms with Crippen LogP contribution in [0.15, 0.2) is 18.6 Å². The van der Waals surface area contributed by atoms with Crippen molar-refractivity contribution in [1.82, 2.24) is 9.97 Å². The highest BCUT2D eigenvalue weighted by Gasteiger charge is 2.10. The zero-order valence-electron chi connectivity index (χ0n) is 6.81. The first-order chi connectivity index (χ1) is 5.97. The molecule has 0 bridgehead atoms. The lowest BCUT2D eigenvalue weighted by atomic mass is 10.4. The number of ether oxygens (including phenoxy) is 1. The minimum Gasteiger partial charge on any atom is -0.378 e. The second-order valence-corrected chi connectivity index (χ2v) is 2.67. The molecule has 12 heavy (non-hydrogen) atoms. The van der Waals surface area contributed by atoms with E-state index in [-0.39, 0.29) is 0 Å². The Morgan fingerprint density at radius 2 is 2.17 bits per heavy atom. The van der Waals surface area contributed by atoms with Crippen LogP contribution in [0.1, 0.15) is 0 Å². The molecule has 1 fully saturated rings. The molecule has 0 N–H and O–H groups in total. The van der Waals surface area contributed by atoms with Gasteiger partial charge < -0.3 is 9.64 Å². The van der Waals surface area contributed by atoms with Crippen molar-refractivity contribution in [2.75, 3.05) is 31.2 Å².